The van der Waals surface area contributed by atoms with E-state index < -0.39 is 17.8 Å². The molecule has 6 nitrogen and oxygen atoms in total. The van der Waals surface area contributed by atoms with E-state index in [1.54, 1.807) is 0 Å². The number of rotatable bonds is 2. The zero-order valence-electron chi connectivity index (χ0n) is 5.53. The van der Waals surface area contributed by atoms with Gasteiger partial charge in [-0.1, -0.05) is 0 Å². The Morgan fingerprint density at radius 1 is 1.82 bits per heavy atom. The van der Waals surface area contributed by atoms with Gasteiger partial charge in [-0.3, -0.25) is 4.98 Å². The largest absolute Gasteiger partial charge is 0.476 e. The van der Waals surface area contributed by atoms with Gasteiger partial charge < -0.3 is 15.3 Å². The molecule has 1 aromatic rings. The van der Waals surface area contributed by atoms with E-state index in [-0.39, 0.29) is 5.76 Å². The summed E-state index contributed by atoms with van der Waals surface area (Å²) >= 11 is 0. The number of hydrogen-bond acceptors (Lipinski definition) is 3. The number of carboxylic acid groups (broad SMARTS) is 1. The summed E-state index contributed by atoms with van der Waals surface area (Å²) in [6.07, 6.45) is 1.19. The molecule has 0 aromatic carbocycles. The first kappa shape index (κ1) is 7.55. The fraction of sp³-hybridized carbons (Fsp3) is 0.200. The predicted molar refractivity (Wildman–Crippen MR) is 32.6 cm³/mol. The molecule has 0 aliphatic heterocycles. The lowest BCUT2D eigenvalue weighted by molar-refractivity contribution is -0.417. The maximum Gasteiger partial charge on any atom is 0.416 e. The lowest BCUT2D eigenvalue weighted by atomic mass is 10.3. The van der Waals surface area contributed by atoms with E-state index in [4.69, 9.17) is 5.11 Å². The molecule has 0 spiro atoms. The van der Waals surface area contributed by atoms with E-state index in [1.165, 1.54) is 6.20 Å². The molecule has 1 rings (SSSR count). The van der Waals surface area contributed by atoms with Gasteiger partial charge in [0.2, 0.25) is 6.04 Å². The van der Waals surface area contributed by atoms with Crippen LogP contribution in [0.2, 0.25) is 0 Å². The molecular weight excluding hydrogens is 152 g/mol. The van der Waals surface area contributed by atoms with Crippen molar-refractivity contribution in [3.8, 4) is 0 Å². The first-order chi connectivity index (χ1) is 5.11. The van der Waals surface area contributed by atoms with Crippen molar-refractivity contribution in [2.45, 2.75) is 6.04 Å². The zero-order valence-corrected chi connectivity index (χ0v) is 5.53. The van der Waals surface area contributed by atoms with Crippen LogP contribution >= 0.6 is 0 Å². The molecule has 0 amide bonds. The highest BCUT2D eigenvalue weighted by atomic mass is 16.4. The molecule has 1 aromatic heterocycles. The van der Waals surface area contributed by atoms with Gasteiger partial charge in [-0.2, -0.15) is 0 Å². The number of aromatic amines is 1. The number of H-pyrrole nitrogens is 1. The van der Waals surface area contributed by atoms with Crippen LogP contribution in [-0.2, 0) is 4.79 Å². The minimum Gasteiger partial charge on any atom is -0.476 e. The number of carboxylic acids is 1. The number of hydrogen-bond donors (Lipinski definition) is 3. The molecule has 0 radical (unpaired) electrons. The molecule has 0 aliphatic carbocycles. The van der Waals surface area contributed by atoms with Gasteiger partial charge in [0.05, 0.1) is 6.20 Å². The number of oxazole rings is 1. The number of nitrogens with one attached hydrogen (secondary N) is 1. The molecule has 6 heteroatoms. The molecule has 1 atom stereocenters. The lowest BCUT2D eigenvalue weighted by Crippen LogP contribution is -2.57. The fourth-order valence-corrected chi connectivity index (χ4v) is 0.589. The van der Waals surface area contributed by atoms with Crippen LogP contribution < -0.4 is 11.5 Å². The van der Waals surface area contributed by atoms with Crippen molar-refractivity contribution in [3.05, 3.63) is 22.5 Å². The van der Waals surface area contributed by atoms with Crippen molar-refractivity contribution in [2.75, 3.05) is 0 Å². The Kier molecular flexibility index (Phi) is 1.77. The summed E-state index contributed by atoms with van der Waals surface area (Å²) in [6, 6.07) is -1.03. The molecule has 11 heavy (non-hydrogen) atoms. The van der Waals surface area contributed by atoms with Gasteiger partial charge in [-0.05, 0) is 0 Å². The van der Waals surface area contributed by atoms with E-state index in [1.807, 2.05) is 0 Å². The van der Waals surface area contributed by atoms with Gasteiger partial charge in [0.1, 0.15) is 0 Å². The van der Waals surface area contributed by atoms with Gasteiger partial charge in [0, 0.05) is 0 Å². The second-order valence-corrected chi connectivity index (χ2v) is 1.97. The number of aromatic nitrogens is 1. The molecular formula is C5H7N2O4+. The van der Waals surface area contributed by atoms with Crippen molar-refractivity contribution in [3.63, 3.8) is 0 Å². The molecule has 60 valence electrons. The average Bonchev–Trinajstić information content (AvgIpc) is 2.34. The number of quaternary nitrogens is 1. The third-order valence-corrected chi connectivity index (χ3v) is 1.18. The normalized spacial score (nSPS) is 12.8. The van der Waals surface area contributed by atoms with Crippen LogP contribution in [-0.4, -0.2) is 16.1 Å². The summed E-state index contributed by atoms with van der Waals surface area (Å²) in [6.45, 7) is 0. The summed E-state index contributed by atoms with van der Waals surface area (Å²) in [5, 5.41) is 8.41. The summed E-state index contributed by atoms with van der Waals surface area (Å²) in [7, 11) is 0. The molecule has 1 heterocycles. The second kappa shape index (κ2) is 2.59. The van der Waals surface area contributed by atoms with Crippen LogP contribution in [0.25, 0.3) is 0 Å². The van der Waals surface area contributed by atoms with Crippen molar-refractivity contribution in [1.82, 2.24) is 4.98 Å². The third-order valence-electron chi connectivity index (χ3n) is 1.18. The molecule has 0 aliphatic rings. The second-order valence-electron chi connectivity index (χ2n) is 1.97. The van der Waals surface area contributed by atoms with Crippen molar-refractivity contribution < 1.29 is 20.1 Å². The van der Waals surface area contributed by atoms with Gasteiger partial charge in [-0.15, -0.1) is 0 Å². The number of carbonyl (C=O) groups is 1. The van der Waals surface area contributed by atoms with Crippen LogP contribution in [0.1, 0.15) is 11.8 Å². The van der Waals surface area contributed by atoms with Gasteiger partial charge in [0.15, 0.2) is 5.76 Å². The first-order valence-corrected chi connectivity index (χ1v) is 2.85. The van der Waals surface area contributed by atoms with Crippen molar-refractivity contribution in [1.29, 1.82) is 0 Å². The molecule has 5 N–H and O–H groups in total. The van der Waals surface area contributed by atoms with E-state index in [0.717, 1.165) is 0 Å². The average molecular weight is 159 g/mol. The molecule has 1 unspecified atom stereocenters. The van der Waals surface area contributed by atoms with Crippen LogP contribution in [0.4, 0.5) is 0 Å². The van der Waals surface area contributed by atoms with Crippen LogP contribution in [0.5, 0.6) is 0 Å². The molecule has 0 saturated carbocycles. The van der Waals surface area contributed by atoms with E-state index >= 15 is 0 Å². The SMILES string of the molecule is [NH3+]C(C(=O)O)c1c[nH]c(=O)o1. The first-order valence-electron chi connectivity index (χ1n) is 2.85. The van der Waals surface area contributed by atoms with Gasteiger partial charge in [-0.25, -0.2) is 9.59 Å². The maximum absolute atomic E-state index is 10.4. The minimum atomic E-state index is -1.13. The Bertz CT molecular complexity index is 312. The summed E-state index contributed by atoms with van der Waals surface area (Å²) in [5.74, 6) is -1.77. The van der Waals surface area contributed by atoms with E-state index in [2.05, 4.69) is 15.1 Å². The molecule has 0 bridgehead atoms. The monoisotopic (exact) mass is 159 g/mol. The standard InChI is InChI=1S/C5H6N2O4/c6-3(4(8)9)2-1-7-5(10)11-2/h1,3H,6H2,(H,7,10)(H,8,9)/p+1. The molecule has 0 fully saturated rings. The van der Waals surface area contributed by atoms with Crippen molar-refractivity contribution in [2.24, 2.45) is 0 Å². The Balaban J connectivity index is 2.93. The quantitative estimate of drug-likeness (QED) is 0.479. The van der Waals surface area contributed by atoms with Crippen LogP contribution in [0.15, 0.2) is 15.4 Å². The predicted octanol–water partition coefficient (Wildman–Crippen LogP) is -1.66. The van der Waals surface area contributed by atoms with Crippen LogP contribution in [0, 0.1) is 0 Å². The maximum atomic E-state index is 10.4. The minimum absolute atomic E-state index is 0.0301. The highest BCUT2D eigenvalue weighted by Crippen LogP contribution is 2.02. The van der Waals surface area contributed by atoms with E-state index in [0.29, 0.717) is 0 Å². The van der Waals surface area contributed by atoms with Crippen LogP contribution in [0.3, 0.4) is 0 Å². The zero-order chi connectivity index (χ0) is 8.43. The molecule has 0 saturated heterocycles. The highest BCUT2D eigenvalue weighted by molar-refractivity contribution is 5.72. The van der Waals surface area contributed by atoms with Gasteiger partial charge in [0.25, 0.3) is 0 Å². The Morgan fingerprint density at radius 2 is 2.45 bits per heavy atom. The topological polar surface area (TPSA) is 111 Å². The number of aliphatic carboxylic acids is 1. The smallest absolute Gasteiger partial charge is 0.416 e. The van der Waals surface area contributed by atoms with Gasteiger partial charge >= 0.3 is 11.7 Å². The third kappa shape index (κ3) is 1.47. The van der Waals surface area contributed by atoms with Crippen molar-refractivity contribution >= 4 is 5.97 Å². The Hall–Kier alpha value is -1.56. The summed E-state index contributed by atoms with van der Waals surface area (Å²) in [4.78, 5) is 22.8. The Labute approximate surface area is 60.6 Å². The van der Waals surface area contributed by atoms with E-state index in [9.17, 15) is 9.59 Å². The Morgan fingerprint density at radius 3 is 2.82 bits per heavy atom. The lowest BCUT2D eigenvalue weighted by Gasteiger charge is -1.94. The highest BCUT2D eigenvalue weighted by Gasteiger charge is 2.21. The summed E-state index contributed by atoms with van der Waals surface area (Å²) < 4.78 is 4.45. The fourth-order valence-electron chi connectivity index (χ4n) is 0.589. The summed E-state index contributed by atoms with van der Waals surface area (Å²) in [5.41, 5.74) is 3.27.